The van der Waals surface area contributed by atoms with E-state index in [-0.39, 0.29) is 11.1 Å². The van der Waals surface area contributed by atoms with Crippen LogP contribution in [0.2, 0.25) is 0 Å². The SMILES string of the molecule is CC(Sc1nnc(-c2cccs2)o1)C(=O)Nc1ccc([N+](=O)[O-])cc1C(F)(F)F. The Morgan fingerprint density at radius 2 is 2.10 bits per heavy atom. The number of hydrogen-bond donors (Lipinski definition) is 1. The molecular weight excluding hydrogens is 433 g/mol. The Hall–Kier alpha value is -2.93. The molecule has 0 spiro atoms. The van der Waals surface area contributed by atoms with Gasteiger partial charge in [-0.3, -0.25) is 14.9 Å². The number of anilines is 1. The molecule has 0 aliphatic heterocycles. The van der Waals surface area contributed by atoms with E-state index >= 15 is 0 Å². The monoisotopic (exact) mass is 444 g/mol. The smallest absolute Gasteiger partial charge is 0.410 e. The van der Waals surface area contributed by atoms with Gasteiger partial charge in [-0.15, -0.1) is 21.5 Å². The van der Waals surface area contributed by atoms with Crippen LogP contribution in [-0.2, 0) is 11.0 Å². The number of hydrogen-bond acceptors (Lipinski definition) is 8. The minimum atomic E-state index is -4.88. The summed E-state index contributed by atoms with van der Waals surface area (Å²) in [6.07, 6.45) is -4.88. The molecule has 29 heavy (non-hydrogen) atoms. The Morgan fingerprint density at radius 1 is 1.34 bits per heavy atom. The van der Waals surface area contributed by atoms with Crippen molar-refractivity contribution < 1.29 is 27.3 Å². The van der Waals surface area contributed by atoms with Crippen LogP contribution in [-0.4, -0.2) is 26.3 Å². The number of alkyl halides is 3. The molecule has 2 heterocycles. The highest BCUT2D eigenvalue weighted by atomic mass is 32.2. The molecule has 1 N–H and O–H groups in total. The number of thioether (sulfide) groups is 1. The first kappa shape index (κ1) is 20.8. The molecule has 0 fully saturated rings. The molecular formula is C16H11F3N4O4S2. The molecule has 1 atom stereocenters. The zero-order valence-corrected chi connectivity index (χ0v) is 16.1. The van der Waals surface area contributed by atoms with Crippen LogP contribution >= 0.6 is 23.1 Å². The lowest BCUT2D eigenvalue weighted by Gasteiger charge is -2.15. The Balaban J connectivity index is 1.73. The van der Waals surface area contributed by atoms with Gasteiger partial charge in [-0.25, -0.2) is 0 Å². The molecule has 0 radical (unpaired) electrons. The van der Waals surface area contributed by atoms with Gasteiger partial charge in [-0.05, 0) is 24.4 Å². The lowest BCUT2D eigenvalue weighted by atomic mass is 10.1. The van der Waals surface area contributed by atoms with Crippen molar-refractivity contribution >= 4 is 40.4 Å². The fraction of sp³-hybridized carbons (Fsp3) is 0.188. The van der Waals surface area contributed by atoms with Crippen molar-refractivity contribution in [2.45, 2.75) is 23.6 Å². The number of nitro benzene ring substituents is 1. The van der Waals surface area contributed by atoms with Crippen LogP contribution in [0.15, 0.2) is 45.4 Å². The van der Waals surface area contributed by atoms with Gasteiger partial charge in [0.05, 0.1) is 26.3 Å². The van der Waals surface area contributed by atoms with Crippen molar-refractivity contribution in [1.29, 1.82) is 0 Å². The fourth-order valence-corrected chi connectivity index (χ4v) is 3.51. The molecule has 1 aromatic carbocycles. The number of benzene rings is 1. The zero-order chi connectivity index (χ0) is 21.2. The predicted octanol–water partition coefficient (Wildman–Crippen LogP) is 4.84. The number of nitrogens with zero attached hydrogens (tertiary/aromatic N) is 3. The predicted molar refractivity (Wildman–Crippen MR) is 99.7 cm³/mol. The van der Waals surface area contributed by atoms with E-state index in [9.17, 15) is 28.1 Å². The highest BCUT2D eigenvalue weighted by Crippen LogP contribution is 2.37. The number of halogens is 3. The van der Waals surface area contributed by atoms with Gasteiger partial charge in [-0.2, -0.15) is 13.2 Å². The summed E-state index contributed by atoms with van der Waals surface area (Å²) < 4.78 is 45.1. The van der Waals surface area contributed by atoms with E-state index in [4.69, 9.17) is 4.42 Å². The van der Waals surface area contributed by atoms with Gasteiger partial charge in [0.1, 0.15) is 0 Å². The lowest BCUT2D eigenvalue weighted by molar-refractivity contribution is -0.385. The molecule has 0 bridgehead atoms. The Morgan fingerprint density at radius 3 is 2.72 bits per heavy atom. The van der Waals surface area contributed by atoms with E-state index in [0.717, 1.165) is 28.8 Å². The van der Waals surface area contributed by atoms with Gasteiger partial charge in [0.2, 0.25) is 5.91 Å². The summed E-state index contributed by atoms with van der Waals surface area (Å²) in [6, 6.07) is 5.68. The Bertz CT molecular complexity index is 1040. The first-order valence-corrected chi connectivity index (χ1v) is 9.61. The number of thiophene rings is 1. The highest BCUT2D eigenvalue weighted by molar-refractivity contribution is 8.00. The summed E-state index contributed by atoms with van der Waals surface area (Å²) in [7, 11) is 0. The first-order chi connectivity index (χ1) is 13.6. The van der Waals surface area contributed by atoms with Crippen molar-refractivity contribution in [2.24, 2.45) is 0 Å². The molecule has 152 valence electrons. The third-order valence-corrected chi connectivity index (χ3v) is 5.35. The first-order valence-electron chi connectivity index (χ1n) is 7.85. The minimum Gasteiger partial charge on any atom is -0.410 e. The molecule has 3 aromatic rings. The van der Waals surface area contributed by atoms with Gasteiger partial charge >= 0.3 is 6.18 Å². The van der Waals surface area contributed by atoms with E-state index in [1.54, 1.807) is 12.1 Å². The molecule has 1 amide bonds. The molecule has 2 aromatic heterocycles. The van der Waals surface area contributed by atoms with E-state index in [0.29, 0.717) is 6.07 Å². The second-order valence-corrected chi connectivity index (χ2v) is 7.82. The van der Waals surface area contributed by atoms with Crippen molar-refractivity contribution in [2.75, 3.05) is 5.32 Å². The topological polar surface area (TPSA) is 111 Å². The van der Waals surface area contributed by atoms with Crippen molar-refractivity contribution in [3.8, 4) is 10.8 Å². The van der Waals surface area contributed by atoms with Crippen LogP contribution in [0, 0.1) is 10.1 Å². The van der Waals surface area contributed by atoms with Crippen LogP contribution in [0.1, 0.15) is 12.5 Å². The van der Waals surface area contributed by atoms with Crippen molar-refractivity contribution in [3.05, 3.63) is 51.4 Å². The van der Waals surface area contributed by atoms with Crippen molar-refractivity contribution in [3.63, 3.8) is 0 Å². The van der Waals surface area contributed by atoms with Crippen molar-refractivity contribution in [1.82, 2.24) is 10.2 Å². The van der Waals surface area contributed by atoms with Crippen LogP contribution in [0.4, 0.5) is 24.5 Å². The van der Waals surface area contributed by atoms with Crippen LogP contribution in [0.3, 0.4) is 0 Å². The normalized spacial score (nSPS) is 12.6. The molecule has 1 unspecified atom stereocenters. The van der Waals surface area contributed by atoms with Gasteiger partial charge in [0.25, 0.3) is 16.8 Å². The maximum absolute atomic E-state index is 13.2. The van der Waals surface area contributed by atoms with Gasteiger partial charge in [0, 0.05) is 12.1 Å². The summed E-state index contributed by atoms with van der Waals surface area (Å²) >= 11 is 2.26. The molecule has 8 nitrogen and oxygen atoms in total. The lowest BCUT2D eigenvalue weighted by Crippen LogP contribution is -2.24. The summed E-state index contributed by atoms with van der Waals surface area (Å²) in [6.45, 7) is 1.45. The summed E-state index contributed by atoms with van der Waals surface area (Å²) in [4.78, 5) is 22.9. The van der Waals surface area contributed by atoms with Crippen LogP contribution in [0.5, 0.6) is 0 Å². The summed E-state index contributed by atoms with van der Waals surface area (Å²) in [5.74, 6) is -0.491. The summed E-state index contributed by atoms with van der Waals surface area (Å²) in [5.41, 5.74) is -2.62. The zero-order valence-electron chi connectivity index (χ0n) is 14.5. The highest BCUT2D eigenvalue weighted by Gasteiger charge is 2.36. The number of aromatic nitrogens is 2. The average Bonchev–Trinajstić information content (AvgIpc) is 3.32. The largest absolute Gasteiger partial charge is 0.418 e. The van der Waals surface area contributed by atoms with Crippen LogP contribution in [0.25, 0.3) is 10.8 Å². The van der Waals surface area contributed by atoms with Gasteiger partial charge in [0.15, 0.2) is 0 Å². The molecule has 0 aliphatic carbocycles. The number of amides is 1. The molecule has 0 saturated carbocycles. The van der Waals surface area contributed by atoms with E-state index in [2.05, 4.69) is 15.5 Å². The number of non-ortho nitro benzene ring substituents is 1. The quantitative estimate of drug-likeness (QED) is 0.329. The fourth-order valence-electron chi connectivity index (χ4n) is 2.19. The average molecular weight is 444 g/mol. The van der Waals surface area contributed by atoms with E-state index in [1.807, 2.05) is 5.38 Å². The molecule has 13 heteroatoms. The standard InChI is InChI=1S/C16H11F3N4O4S2/c1-8(29-15-22-21-14(27-15)12-3-2-6-28-12)13(24)20-11-5-4-9(23(25)26)7-10(11)16(17,18)19/h2-8H,1H3,(H,20,24). The number of carbonyl (C=O) groups excluding carboxylic acids is 1. The third kappa shape index (κ3) is 4.92. The van der Waals surface area contributed by atoms with Crippen LogP contribution < -0.4 is 5.32 Å². The maximum atomic E-state index is 13.2. The Kier molecular flexibility index (Phi) is 5.88. The minimum absolute atomic E-state index is 0.0794. The van der Waals surface area contributed by atoms with Gasteiger partial charge in [-0.1, -0.05) is 17.8 Å². The molecule has 0 aliphatic rings. The number of rotatable bonds is 6. The van der Waals surface area contributed by atoms with Gasteiger partial charge < -0.3 is 9.73 Å². The third-order valence-electron chi connectivity index (χ3n) is 3.56. The number of carbonyl (C=O) groups is 1. The molecule has 0 saturated heterocycles. The maximum Gasteiger partial charge on any atom is 0.418 e. The second kappa shape index (κ2) is 8.21. The number of nitrogens with one attached hydrogen (secondary N) is 1. The summed E-state index contributed by atoms with van der Waals surface area (Å²) in [5, 5.41) is 21.6. The van der Waals surface area contributed by atoms with E-state index < -0.39 is 39.2 Å². The number of nitro groups is 1. The molecule has 3 rings (SSSR count). The van der Waals surface area contributed by atoms with E-state index in [1.165, 1.54) is 18.3 Å². The second-order valence-electron chi connectivity index (χ2n) is 5.58. The Labute approximate surface area is 169 Å².